The minimum atomic E-state index is -0.501. The predicted molar refractivity (Wildman–Crippen MR) is 154 cm³/mol. The molecule has 0 spiro atoms. The van der Waals surface area contributed by atoms with Gasteiger partial charge in [0, 0.05) is 67.6 Å². The lowest BCUT2D eigenvalue weighted by molar-refractivity contribution is -0.385. The van der Waals surface area contributed by atoms with Crippen LogP contribution in [0.1, 0.15) is 33.5 Å². The molecule has 4 rings (SSSR count). The van der Waals surface area contributed by atoms with Crippen LogP contribution in [0, 0.1) is 17.0 Å². The molecule has 0 bridgehead atoms. The molecule has 0 radical (unpaired) electrons. The molecule has 0 aliphatic carbocycles. The van der Waals surface area contributed by atoms with Crippen molar-refractivity contribution in [2.24, 2.45) is 0 Å². The third-order valence-electron chi connectivity index (χ3n) is 6.94. The number of carbonyl (C=O) groups excluding carboxylic acids is 2. The van der Waals surface area contributed by atoms with Crippen LogP contribution < -0.4 is 0 Å². The summed E-state index contributed by atoms with van der Waals surface area (Å²) in [4.78, 5) is 44.8. The topological polar surface area (TPSA) is 109 Å². The van der Waals surface area contributed by atoms with Crippen molar-refractivity contribution in [2.45, 2.75) is 26.3 Å². The summed E-state index contributed by atoms with van der Waals surface area (Å²) in [6, 6.07) is 22.2. The number of nitro groups is 1. The zero-order valence-corrected chi connectivity index (χ0v) is 22.8. The monoisotopic (exact) mass is 542 g/mol. The van der Waals surface area contributed by atoms with Crippen LogP contribution in [0.25, 0.3) is 10.9 Å². The number of rotatable bonds is 13. The molecule has 0 aliphatic rings. The lowest BCUT2D eigenvalue weighted by atomic mass is 10.1. The van der Waals surface area contributed by atoms with Gasteiger partial charge in [-0.3, -0.25) is 19.7 Å². The first-order valence-electron chi connectivity index (χ1n) is 13.3. The number of amides is 2. The maximum absolute atomic E-state index is 13.8. The van der Waals surface area contributed by atoms with Crippen LogP contribution in [-0.4, -0.2) is 64.9 Å². The van der Waals surface area contributed by atoms with Gasteiger partial charge in [-0.2, -0.15) is 0 Å². The summed E-state index contributed by atoms with van der Waals surface area (Å²) in [5, 5.41) is 12.6. The molecule has 208 valence electrons. The van der Waals surface area contributed by atoms with Crippen LogP contribution in [0.3, 0.4) is 0 Å². The minimum absolute atomic E-state index is 0.126. The molecule has 9 heteroatoms. The molecule has 0 saturated heterocycles. The smallest absolute Gasteiger partial charge is 0.273 e. The number of ether oxygens (including phenoxy) is 1. The van der Waals surface area contributed by atoms with E-state index in [1.54, 1.807) is 31.1 Å². The maximum Gasteiger partial charge on any atom is 0.273 e. The van der Waals surface area contributed by atoms with Gasteiger partial charge in [-0.15, -0.1) is 0 Å². The van der Waals surface area contributed by atoms with Gasteiger partial charge >= 0.3 is 0 Å². The summed E-state index contributed by atoms with van der Waals surface area (Å²) in [6.07, 6.45) is 3.14. The largest absolute Gasteiger partial charge is 0.385 e. The summed E-state index contributed by atoms with van der Waals surface area (Å²) >= 11 is 0. The average molecular weight is 543 g/mol. The van der Waals surface area contributed by atoms with Gasteiger partial charge in [-0.1, -0.05) is 54.6 Å². The molecule has 1 N–H and O–H groups in total. The molecule has 9 nitrogen and oxygen atoms in total. The standard InChI is InChI=1S/C31H34N4O5/c1-23-13-14-25(19-29(23)35(38)39)31(37)34(16-8-18-40-2)22-30(36)33(21-24-9-4-3-5-10-24)17-15-26-20-32-28-12-7-6-11-27(26)28/h3-7,9-14,19-20,32H,8,15-18,21-22H2,1-2H3. The van der Waals surface area contributed by atoms with Gasteiger partial charge in [0.1, 0.15) is 6.54 Å². The van der Waals surface area contributed by atoms with Crippen LogP contribution in [0.2, 0.25) is 0 Å². The van der Waals surface area contributed by atoms with Gasteiger partial charge in [-0.05, 0) is 43.0 Å². The zero-order valence-electron chi connectivity index (χ0n) is 22.8. The Morgan fingerprint density at radius 1 is 0.975 bits per heavy atom. The van der Waals surface area contributed by atoms with E-state index in [2.05, 4.69) is 11.1 Å². The number of aromatic amines is 1. The van der Waals surface area contributed by atoms with E-state index in [9.17, 15) is 19.7 Å². The quantitative estimate of drug-likeness (QED) is 0.143. The van der Waals surface area contributed by atoms with E-state index in [4.69, 9.17) is 4.74 Å². The van der Waals surface area contributed by atoms with Gasteiger partial charge in [0.2, 0.25) is 5.91 Å². The van der Waals surface area contributed by atoms with Gasteiger partial charge in [-0.25, -0.2) is 0 Å². The lowest BCUT2D eigenvalue weighted by Gasteiger charge is -2.28. The molecule has 1 aromatic heterocycles. The Balaban J connectivity index is 1.56. The molecule has 1 heterocycles. The Labute approximate surface area is 233 Å². The Bertz CT molecular complexity index is 1470. The number of nitrogens with one attached hydrogen (secondary N) is 1. The van der Waals surface area contributed by atoms with Gasteiger partial charge in [0.25, 0.3) is 11.6 Å². The van der Waals surface area contributed by atoms with Gasteiger partial charge in [0.15, 0.2) is 0 Å². The second-order valence-corrected chi connectivity index (χ2v) is 9.74. The van der Waals surface area contributed by atoms with E-state index in [1.807, 2.05) is 54.7 Å². The van der Waals surface area contributed by atoms with Crippen molar-refractivity contribution < 1.29 is 19.2 Å². The molecule has 0 unspecified atom stereocenters. The van der Waals surface area contributed by atoms with Crippen molar-refractivity contribution in [1.82, 2.24) is 14.8 Å². The highest BCUT2D eigenvalue weighted by molar-refractivity contribution is 5.97. The van der Waals surface area contributed by atoms with E-state index in [-0.39, 0.29) is 30.2 Å². The van der Waals surface area contributed by atoms with Crippen LogP contribution in [0.15, 0.2) is 79.0 Å². The molecule has 3 aromatic carbocycles. The van der Waals surface area contributed by atoms with Gasteiger partial charge in [0.05, 0.1) is 4.92 Å². The number of para-hydroxylation sites is 1. The van der Waals surface area contributed by atoms with E-state index >= 15 is 0 Å². The highest BCUT2D eigenvalue weighted by atomic mass is 16.6. The normalized spacial score (nSPS) is 10.9. The predicted octanol–water partition coefficient (Wildman–Crippen LogP) is 5.13. The van der Waals surface area contributed by atoms with Crippen molar-refractivity contribution >= 4 is 28.4 Å². The fourth-order valence-electron chi connectivity index (χ4n) is 4.73. The van der Waals surface area contributed by atoms with E-state index in [0.29, 0.717) is 38.1 Å². The first-order chi connectivity index (χ1) is 19.4. The summed E-state index contributed by atoms with van der Waals surface area (Å²) in [5.74, 6) is -0.625. The van der Waals surface area contributed by atoms with Crippen molar-refractivity contribution in [3.05, 3.63) is 111 Å². The number of aromatic nitrogens is 1. The molecule has 0 aliphatic heterocycles. The van der Waals surface area contributed by atoms with Crippen LogP contribution >= 0.6 is 0 Å². The number of nitro benzene ring substituents is 1. The summed E-state index contributed by atoms with van der Waals surface area (Å²) in [6.45, 7) is 3.04. The average Bonchev–Trinajstić information content (AvgIpc) is 3.38. The minimum Gasteiger partial charge on any atom is -0.385 e. The first kappa shape index (κ1) is 28.5. The zero-order chi connectivity index (χ0) is 28.5. The van der Waals surface area contributed by atoms with Crippen molar-refractivity contribution in [3.63, 3.8) is 0 Å². The van der Waals surface area contributed by atoms with Crippen LogP contribution in [-0.2, 0) is 22.5 Å². The number of hydrogen-bond donors (Lipinski definition) is 1. The number of hydrogen-bond acceptors (Lipinski definition) is 5. The number of H-pyrrole nitrogens is 1. The number of carbonyl (C=O) groups is 2. The molecule has 2 amide bonds. The maximum atomic E-state index is 13.8. The third-order valence-corrected chi connectivity index (χ3v) is 6.94. The number of benzene rings is 3. The fraction of sp³-hybridized carbons (Fsp3) is 0.290. The fourth-order valence-corrected chi connectivity index (χ4v) is 4.73. The molecular weight excluding hydrogens is 508 g/mol. The highest BCUT2D eigenvalue weighted by Crippen LogP contribution is 2.21. The number of nitrogens with zero attached hydrogens (tertiary/aromatic N) is 3. The van der Waals surface area contributed by atoms with Crippen LogP contribution in [0.4, 0.5) is 5.69 Å². The van der Waals surface area contributed by atoms with Crippen molar-refractivity contribution in [1.29, 1.82) is 0 Å². The van der Waals surface area contributed by atoms with Crippen LogP contribution in [0.5, 0.6) is 0 Å². The number of aryl methyl sites for hydroxylation is 1. The SMILES string of the molecule is COCCCN(CC(=O)N(CCc1c[nH]c2ccccc12)Cc1ccccc1)C(=O)c1ccc(C)c([N+](=O)[O-])c1. The van der Waals surface area contributed by atoms with E-state index in [1.165, 1.54) is 11.0 Å². The molecule has 4 aromatic rings. The molecular formula is C31H34N4O5. The van der Waals surface area contributed by atoms with Crippen molar-refractivity contribution in [3.8, 4) is 0 Å². The Morgan fingerprint density at radius 2 is 1.73 bits per heavy atom. The molecule has 0 atom stereocenters. The summed E-state index contributed by atoms with van der Waals surface area (Å²) in [7, 11) is 1.58. The third kappa shape index (κ3) is 7.12. The van der Waals surface area contributed by atoms with Crippen molar-refractivity contribution in [2.75, 3.05) is 33.4 Å². The summed E-state index contributed by atoms with van der Waals surface area (Å²) in [5.41, 5.74) is 3.66. The Hall–Kier alpha value is -4.50. The Kier molecular flexibility index (Phi) is 9.64. The van der Waals surface area contributed by atoms with E-state index in [0.717, 1.165) is 22.0 Å². The molecule has 40 heavy (non-hydrogen) atoms. The highest BCUT2D eigenvalue weighted by Gasteiger charge is 2.24. The first-order valence-corrected chi connectivity index (χ1v) is 13.3. The van der Waals surface area contributed by atoms with E-state index < -0.39 is 10.8 Å². The Morgan fingerprint density at radius 3 is 2.48 bits per heavy atom. The lowest BCUT2D eigenvalue weighted by Crippen LogP contribution is -2.44. The summed E-state index contributed by atoms with van der Waals surface area (Å²) < 4.78 is 5.16. The number of fused-ring (bicyclic) bond motifs is 1. The second kappa shape index (κ2) is 13.5. The molecule has 0 saturated carbocycles. The molecule has 0 fully saturated rings. The second-order valence-electron chi connectivity index (χ2n) is 9.74. The van der Waals surface area contributed by atoms with Gasteiger partial charge < -0.3 is 19.5 Å². The number of methoxy groups -OCH3 is 1.